The lowest BCUT2D eigenvalue weighted by Gasteiger charge is -2.48. The zero-order chi connectivity index (χ0) is 16.3. The van der Waals surface area contributed by atoms with Gasteiger partial charge in [-0.3, -0.25) is 0 Å². The highest BCUT2D eigenvalue weighted by atomic mass is 15.2. The summed E-state index contributed by atoms with van der Waals surface area (Å²) >= 11 is 0. The number of aryl methyl sites for hydroxylation is 2. The average Bonchev–Trinajstić information content (AvgIpc) is 3.06. The molecule has 6 nitrogen and oxygen atoms in total. The summed E-state index contributed by atoms with van der Waals surface area (Å²) in [5.74, 6) is 1.23. The third kappa shape index (κ3) is 2.09. The first-order valence-corrected chi connectivity index (χ1v) is 9.10. The summed E-state index contributed by atoms with van der Waals surface area (Å²) in [6.45, 7) is 5.59. The van der Waals surface area contributed by atoms with Gasteiger partial charge in [-0.05, 0) is 56.6 Å². The fraction of sp³-hybridized carbons (Fsp3) is 0.611. The Bertz CT molecular complexity index is 808. The number of nitrogens with zero attached hydrogens (tertiary/aromatic N) is 4. The van der Waals surface area contributed by atoms with E-state index in [-0.39, 0.29) is 5.54 Å². The van der Waals surface area contributed by atoms with Crippen LogP contribution < -0.4 is 11.1 Å². The number of hydrogen-bond donors (Lipinski definition) is 2. The van der Waals surface area contributed by atoms with Crippen molar-refractivity contribution in [2.24, 2.45) is 0 Å². The third-order valence-corrected chi connectivity index (χ3v) is 6.24. The van der Waals surface area contributed by atoms with Crippen LogP contribution in [0.1, 0.15) is 42.5 Å². The summed E-state index contributed by atoms with van der Waals surface area (Å²) in [5, 5.41) is 4.61. The van der Waals surface area contributed by atoms with E-state index in [0.29, 0.717) is 11.8 Å². The van der Waals surface area contributed by atoms with Crippen molar-refractivity contribution in [3.63, 3.8) is 0 Å². The molecule has 0 amide bonds. The van der Waals surface area contributed by atoms with Crippen LogP contribution in [0, 0.1) is 6.92 Å². The number of aromatic nitrogens is 3. The molecule has 0 aromatic carbocycles. The smallest absolute Gasteiger partial charge is 0.227 e. The van der Waals surface area contributed by atoms with Crippen molar-refractivity contribution in [2.45, 2.75) is 51.0 Å². The monoisotopic (exact) mass is 324 g/mol. The Labute approximate surface area is 141 Å². The molecule has 0 radical (unpaired) electrons. The number of hydrogen-bond acceptors (Lipinski definition) is 6. The van der Waals surface area contributed by atoms with Crippen molar-refractivity contribution in [3.8, 4) is 0 Å². The van der Waals surface area contributed by atoms with Gasteiger partial charge in [0.1, 0.15) is 5.82 Å². The number of nitrogens with two attached hydrogens (primary N) is 1. The van der Waals surface area contributed by atoms with Gasteiger partial charge in [0.2, 0.25) is 5.95 Å². The van der Waals surface area contributed by atoms with Crippen molar-refractivity contribution < 1.29 is 0 Å². The molecule has 3 N–H and O–H groups in total. The Hall–Kier alpha value is -1.95. The second-order valence-corrected chi connectivity index (χ2v) is 7.64. The molecule has 0 spiro atoms. The molecule has 5 heterocycles. The number of nitrogen functional groups attached to an aromatic ring is 1. The summed E-state index contributed by atoms with van der Waals surface area (Å²) < 4.78 is 0. The van der Waals surface area contributed by atoms with Crippen LogP contribution in [-0.4, -0.2) is 45.0 Å². The number of pyridine rings is 1. The van der Waals surface area contributed by atoms with Crippen molar-refractivity contribution in [3.05, 3.63) is 16.8 Å². The molecular formula is C18H24N6. The number of anilines is 2. The zero-order valence-corrected chi connectivity index (χ0v) is 14.2. The van der Waals surface area contributed by atoms with E-state index in [0.717, 1.165) is 48.8 Å². The predicted molar refractivity (Wildman–Crippen MR) is 95.2 cm³/mol. The highest BCUT2D eigenvalue weighted by Crippen LogP contribution is 2.36. The number of fused-ring (bicyclic) bond motifs is 6. The Balaban J connectivity index is 1.57. The lowest BCUT2D eigenvalue weighted by atomic mass is 9.80. The standard InChI is InChI=1S/C18H24N6/c1-11-12-3-2-4-13(12)14-15(19)21-17(22-16(14)20-11)23-18-5-8-24(9-6-18)10-7-18/h2-10H2,1H3,(H3,19,20,21,22,23). The largest absolute Gasteiger partial charge is 0.383 e. The van der Waals surface area contributed by atoms with Crippen molar-refractivity contribution >= 4 is 22.8 Å². The van der Waals surface area contributed by atoms with Gasteiger partial charge in [-0.25, -0.2) is 4.98 Å². The molecule has 3 aliphatic heterocycles. The van der Waals surface area contributed by atoms with Gasteiger partial charge in [0, 0.05) is 30.9 Å². The van der Waals surface area contributed by atoms with E-state index in [9.17, 15) is 0 Å². The van der Waals surface area contributed by atoms with E-state index >= 15 is 0 Å². The molecule has 24 heavy (non-hydrogen) atoms. The third-order valence-electron chi connectivity index (χ3n) is 6.24. The Morgan fingerprint density at radius 2 is 1.71 bits per heavy atom. The van der Waals surface area contributed by atoms with Crippen LogP contribution in [0.25, 0.3) is 11.0 Å². The first-order chi connectivity index (χ1) is 11.6. The SMILES string of the molecule is Cc1nc2nc(NC34CCN(CC3)CC4)nc(N)c2c2c1CCC2. The maximum atomic E-state index is 6.34. The van der Waals surface area contributed by atoms with Gasteiger partial charge in [0.25, 0.3) is 0 Å². The van der Waals surface area contributed by atoms with Crippen LogP contribution in [-0.2, 0) is 12.8 Å². The molecule has 126 valence electrons. The van der Waals surface area contributed by atoms with Crippen molar-refractivity contribution in [1.82, 2.24) is 19.9 Å². The van der Waals surface area contributed by atoms with Gasteiger partial charge >= 0.3 is 0 Å². The molecule has 6 heteroatoms. The molecule has 2 aromatic heterocycles. The fourth-order valence-corrected chi connectivity index (χ4v) is 4.79. The Morgan fingerprint density at radius 1 is 1.00 bits per heavy atom. The highest BCUT2D eigenvalue weighted by molar-refractivity contribution is 5.91. The average molecular weight is 324 g/mol. The summed E-state index contributed by atoms with van der Waals surface area (Å²) in [5.41, 5.74) is 11.0. The number of piperidine rings is 3. The predicted octanol–water partition coefficient (Wildman–Crippen LogP) is 2.05. The number of rotatable bonds is 2. The van der Waals surface area contributed by atoms with E-state index in [2.05, 4.69) is 22.1 Å². The summed E-state index contributed by atoms with van der Waals surface area (Å²) in [6, 6.07) is 0. The van der Waals surface area contributed by atoms with E-state index < -0.39 is 0 Å². The molecule has 0 unspecified atom stereocenters. The Morgan fingerprint density at radius 3 is 2.46 bits per heavy atom. The zero-order valence-electron chi connectivity index (χ0n) is 14.2. The summed E-state index contributed by atoms with van der Waals surface area (Å²) in [6.07, 6.45) is 6.81. The molecule has 2 bridgehead atoms. The van der Waals surface area contributed by atoms with E-state index in [1.54, 1.807) is 0 Å². The molecule has 0 saturated carbocycles. The second kappa shape index (κ2) is 5.02. The first-order valence-electron chi connectivity index (χ1n) is 9.10. The minimum Gasteiger partial charge on any atom is -0.383 e. The van der Waals surface area contributed by atoms with E-state index in [4.69, 9.17) is 15.7 Å². The molecule has 2 aromatic rings. The molecular weight excluding hydrogens is 300 g/mol. The van der Waals surface area contributed by atoms with Crippen LogP contribution in [0.15, 0.2) is 0 Å². The molecule has 3 fully saturated rings. The number of nitrogens with one attached hydrogen (secondary N) is 1. The summed E-state index contributed by atoms with van der Waals surface area (Å²) in [4.78, 5) is 16.6. The van der Waals surface area contributed by atoms with Gasteiger partial charge in [0.15, 0.2) is 5.65 Å². The molecule has 1 aliphatic carbocycles. The van der Waals surface area contributed by atoms with Crippen LogP contribution in [0.3, 0.4) is 0 Å². The lowest BCUT2D eigenvalue weighted by Crippen LogP contribution is -2.56. The van der Waals surface area contributed by atoms with Gasteiger partial charge in [-0.2, -0.15) is 9.97 Å². The Kier molecular flexibility index (Phi) is 3.01. The first kappa shape index (κ1) is 14.4. The van der Waals surface area contributed by atoms with E-state index in [1.165, 1.54) is 37.2 Å². The topological polar surface area (TPSA) is 80.0 Å². The van der Waals surface area contributed by atoms with Crippen molar-refractivity contribution in [2.75, 3.05) is 30.7 Å². The quantitative estimate of drug-likeness (QED) is 0.880. The second-order valence-electron chi connectivity index (χ2n) is 7.64. The van der Waals surface area contributed by atoms with Gasteiger partial charge in [-0.15, -0.1) is 0 Å². The van der Waals surface area contributed by atoms with E-state index in [1.807, 2.05) is 0 Å². The maximum Gasteiger partial charge on any atom is 0.227 e. The minimum atomic E-state index is 0.140. The van der Waals surface area contributed by atoms with Crippen molar-refractivity contribution in [1.29, 1.82) is 0 Å². The maximum absolute atomic E-state index is 6.34. The highest BCUT2D eigenvalue weighted by Gasteiger charge is 2.40. The van der Waals surface area contributed by atoms with Gasteiger partial charge in [-0.1, -0.05) is 0 Å². The van der Waals surface area contributed by atoms with Crippen LogP contribution in [0.4, 0.5) is 11.8 Å². The molecule has 4 aliphatic rings. The molecule has 3 saturated heterocycles. The van der Waals surface area contributed by atoms with Gasteiger partial charge < -0.3 is 16.0 Å². The lowest BCUT2D eigenvalue weighted by molar-refractivity contribution is 0.0987. The summed E-state index contributed by atoms with van der Waals surface area (Å²) in [7, 11) is 0. The fourth-order valence-electron chi connectivity index (χ4n) is 4.79. The van der Waals surface area contributed by atoms with Crippen LogP contribution in [0.5, 0.6) is 0 Å². The molecule has 6 rings (SSSR count). The van der Waals surface area contributed by atoms with Gasteiger partial charge in [0.05, 0.1) is 5.39 Å². The minimum absolute atomic E-state index is 0.140. The normalized spacial score (nSPS) is 28.3. The van der Waals surface area contributed by atoms with Crippen LogP contribution in [0.2, 0.25) is 0 Å². The van der Waals surface area contributed by atoms with Crippen LogP contribution >= 0.6 is 0 Å². The molecule has 0 atom stereocenters.